The van der Waals surface area contributed by atoms with Gasteiger partial charge < -0.3 is 15.7 Å². The number of carbonyl (C=O) groups excluding carboxylic acids is 1. The summed E-state index contributed by atoms with van der Waals surface area (Å²) in [5.74, 6) is 0.214. The largest absolute Gasteiger partial charge is 0.396 e. The van der Waals surface area contributed by atoms with E-state index in [0.29, 0.717) is 16.9 Å². The van der Waals surface area contributed by atoms with Gasteiger partial charge in [-0.2, -0.15) is 0 Å². The molecule has 110 valence electrons. The quantitative estimate of drug-likeness (QED) is 0.768. The molecular weight excluding hydrogens is 327 g/mol. The summed E-state index contributed by atoms with van der Waals surface area (Å²) in [5.41, 5.74) is 0.827. The molecule has 3 N–H and O–H groups in total. The van der Waals surface area contributed by atoms with E-state index in [0.717, 1.165) is 24.8 Å². The molecule has 0 radical (unpaired) electrons. The monoisotopic (exact) mass is 344 g/mol. The molecule has 0 heterocycles. The average molecular weight is 345 g/mol. The van der Waals surface area contributed by atoms with E-state index in [1.54, 1.807) is 6.07 Å². The Morgan fingerprint density at radius 1 is 1.45 bits per heavy atom. The molecule has 1 aromatic rings. The summed E-state index contributed by atoms with van der Waals surface area (Å²) < 4.78 is 13.6. The summed E-state index contributed by atoms with van der Waals surface area (Å²) >= 11 is 3.26. The fourth-order valence-electron chi connectivity index (χ4n) is 2.35. The summed E-state index contributed by atoms with van der Waals surface area (Å²) in [6, 6.07) is 4.36. The summed E-state index contributed by atoms with van der Waals surface area (Å²) in [4.78, 5) is 11.7. The molecule has 4 nitrogen and oxygen atoms in total. The van der Waals surface area contributed by atoms with E-state index in [4.69, 9.17) is 5.11 Å². The maximum atomic E-state index is 12.9. The van der Waals surface area contributed by atoms with E-state index in [2.05, 4.69) is 26.6 Å². The second-order valence-corrected chi connectivity index (χ2v) is 5.96. The lowest BCUT2D eigenvalue weighted by atomic mass is 9.78. The summed E-state index contributed by atoms with van der Waals surface area (Å²) in [6.07, 6.45) is 2.66. The number of carbonyl (C=O) groups is 1. The molecule has 1 aliphatic rings. The molecule has 0 unspecified atom stereocenters. The van der Waals surface area contributed by atoms with Crippen molar-refractivity contribution < 1.29 is 14.3 Å². The van der Waals surface area contributed by atoms with E-state index >= 15 is 0 Å². The zero-order valence-electron chi connectivity index (χ0n) is 11.0. The maximum Gasteiger partial charge on any atom is 0.315 e. The molecule has 1 aromatic carbocycles. The fraction of sp³-hybridized carbons (Fsp3) is 0.500. The average Bonchev–Trinajstić information content (AvgIpc) is 2.35. The molecule has 20 heavy (non-hydrogen) atoms. The van der Waals surface area contributed by atoms with Crippen LogP contribution in [0.25, 0.3) is 0 Å². The lowest BCUT2D eigenvalue weighted by molar-refractivity contribution is 0.166. The van der Waals surface area contributed by atoms with Crippen LogP contribution in [0.1, 0.15) is 24.8 Å². The summed E-state index contributed by atoms with van der Waals surface area (Å²) in [7, 11) is 0. The maximum absolute atomic E-state index is 12.9. The molecule has 1 fully saturated rings. The predicted octanol–water partition coefficient (Wildman–Crippen LogP) is 2.55. The Labute approximate surface area is 125 Å². The zero-order valence-corrected chi connectivity index (χ0v) is 12.6. The first-order chi connectivity index (χ1) is 9.58. The number of benzene rings is 1. The van der Waals surface area contributed by atoms with Crippen molar-refractivity contribution in [1.82, 2.24) is 10.6 Å². The van der Waals surface area contributed by atoms with Crippen LogP contribution >= 0.6 is 15.9 Å². The van der Waals surface area contributed by atoms with E-state index in [9.17, 15) is 9.18 Å². The van der Waals surface area contributed by atoms with Crippen LogP contribution in [0, 0.1) is 11.7 Å². The molecule has 0 saturated heterocycles. The van der Waals surface area contributed by atoms with Crippen molar-refractivity contribution in [2.45, 2.75) is 31.8 Å². The van der Waals surface area contributed by atoms with Crippen LogP contribution in [0.15, 0.2) is 22.7 Å². The van der Waals surface area contributed by atoms with Gasteiger partial charge in [-0.1, -0.05) is 22.0 Å². The second kappa shape index (κ2) is 7.04. The molecule has 6 heteroatoms. The standard InChI is InChI=1S/C14H18BrFN2O2/c15-13-7-11(16)2-1-10(13)8-17-14(20)18-12-5-9(6-12)3-4-19/h1-2,7,9,12,19H,3-6,8H2,(H2,17,18,20). The Morgan fingerprint density at radius 3 is 2.85 bits per heavy atom. The van der Waals surface area contributed by atoms with Gasteiger partial charge in [0, 0.05) is 23.7 Å². The highest BCUT2D eigenvalue weighted by molar-refractivity contribution is 9.10. The van der Waals surface area contributed by atoms with Crippen LogP contribution in [-0.4, -0.2) is 23.8 Å². The van der Waals surface area contributed by atoms with Gasteiger partial charge in [0.15, 0.2) is 0 Å². The predicted molar refractivity (Wildman–Crippen MR) is 77.7 cm³/mol. The molecule has 0 aromatic heterocycles. The Morgan fingerprint density at radius 2 is 2.20 bits per heavy atom. The van der Waals surface area contributed by atoms with Gasteiger partial charge in [-0.25, -0.2) is 9.18 Å². The highest BCUT2D eigenvalue weighted by Crippen LogP contribution is 2.29. The molecule has 0 bridgehead atoms. The normalized spacial score (nSPS) is 21.1. The number of aliphatic hydroxyl groups excluding tert-OH is 1. The third-order valence-corrected chi connectivity index (χ3v) is 4.30. The number of rotatable bonds is 5. The SMILES string of the molecule is O=C(NCc1ccc(F)cc1Br)NC1CC(CCO)C1. The van der Waals surface area contributed by atoms with Gasteiger partial charge in [-0.3, -0.25) is 0 Å². The molecule has 1 aliphatic carbocycles. The third-order valence-electron chi connectivity index (χ3n) is 3.56. The highest BCUT2D eigenvalue weighted by Gasteiger charge is 2.29. The first kappa shape index (κ1) is 15.3. The Bertz CT molecular complexity index is 478. The minimum absolute atomic E-state index is 0.197. The Hall–Kier alpha value is -1.14. The molecule has 0 atom stereocenters. The van der Waals surface area contributed by atoms with Crippen LogP contribution in [0.3, 0.4) is 0 Å². The van der Waals surface area contributed by atoms with Gasteiger partial charge in [-0.05, 0) is 42.9 Å². The van der Waals surface area contributed by atoms with Gasteiger partial charge in [0.1, 0.15) is 5.82 Å². The number of amides is 2. The van der Waals surface area contributed by atoms with Crippen molar-refractivity contribution in [3.63, 3.8) is 0 Å². The smallest absolute Gasteiger partial charge is 0.315 e. The molecule has 1 saturated carbocycles. The first-order valence-corrected chi connectivity index (χ1v) is 7.47. The van der Waals surface area contributed by atoms with E-state index in [1.807, 2.05) is 0 Å². The number of nitrogens with one attached hydrogen (secondary N) is 2. The number of urea groups is 1. The van der Waals surface area contributed by atoms with E-state index < -0.39 is 0 Å². The van der Waals surface area contributed by atoms with Crippen molar-refractivity contribution in [2.24, 2.45) is 5.92 Å². The fourth-order valence-corrected chi connectivity index (χ4v) is 2.84. The van der Waals surface area contributed by atoms with Crippen LogP contribution in [-0.2, 0) is 6.54 Å². The van der Waals surface area contributed by atoms with Crippen LogP contribution < -0.4 is 10.6 Å². The minimum atomic E-state index is -0.311. The van der Waals surface area contributed by atoms with Crippen LogP contribution in [0.5, 0.6) is 0 Å². The van der Waals surface area contributed by atoms with Gasteiger partial charge >= 0.3 is 6.03 Å². The second-order valence-electron chi connectivity index (χ2n) is 5.11. The number of hydrogen-bond donors (Lipinski definition) is 3. The van der Waals surface area contributed by atoms with Gasteiger partial charge in [0.2, 0.25) is 0 Å². The van der Waals surface area contributed by atoms with Crippen LogP contribution in [0.2, 0.25) is 0 Å². The number of halogens is 2. The molecular formula is C14H18BrFN2O2. The molecule has 0 spiro atoms. The first-order valence-electron chi connectivity index (χ1n) is 6.67. The van der Waals surface area contributed by atoms with Crippen molar-refractivity contribution >= 4 is 22.0 Å². The molecule has 0 aliphatic heterocycles. The molecule has 2 amide bonds. The van der Waals surface area contributed by atoms with Crippen molar-refractivity contribution in [2.75, 3.05) is 6.61 Å². The molecule has 2 rings (SSSR count). The van der Waals surface area contributed by atoms with E-state index in [1.165, 1.54) is 12.1 Å². The topological polar surface area (TPSA) is 61.4 Å². The minimum Gasteiger partial charge on any atom is -0.396 e. The number of hydrogen-bond acceptors (Lipinski definition) is 2. The van der Waals surface area contributed by atoms with Crippen molar-refractivity contribution in [3.8, 4) is 0 Å². The lowest BCUT2D eigenvalue weighted by Gasteiger charge is -2.35. The summed E-state index contributed by atoms with van der Waals surface area (Å²) in [5, 5.41) is 14.4. The van der Waals surface area contributed by atoms with Gasteiger partial charge in [0.05, 0.1) is 0 Å². The van der Waals surface area contributed by atoms with Gasteiger partial charge in [-0.15, -0.1) is 0 Å². The Balaban J connectivity index is 1.70. The third kappa shape index (κ3) is 4.18. The Kier molecular flexibility index (Phi) is 5.37. The summed E-state index contributed by atoms with van der Waals surface area (Å²) in [6.45, 7) is 0.557. The lowest BCUT2D eigenvalue weighted by Crippen LogP contribution is -2.48. The van der Waals surface area contributed by atoms with Crippen molar-refractivity contribution in [3.05, 3.63) is 34.1 Å². The van der Waals surface area contributed by atoms with Crippen LogP contribution in [0.4, 0.5) is 9.18 Å². The highest BCUT2D eigenvalue weighted by atomic mass is 79.9. The zero-order chi connectivity index (χ0) is 14.5. The van der Waals surface area contributed by atoms with Gasteiger partial charge in [0.25, 0.3) is 0 Å². The van der Waals surface area contributed by atoms with E-state index in [-0.39, 0.29) is 24.5 Å². The number of aliphatic hydroxyl groups is 1. The van der Waals surface area contributed by atoms with Crippen molar-refractivity contribution in [1.29, 1.82) is 0 Å².